The maximum absolute atomic E-state index is 12.1. The Morgan fingerprint density at radius 2 is 1.81 bits per heavy atom. The standard InChI is InChI=1S/C30H33N3O3/c1-3-19-13-21-15-24(16-22(21)14-20(19)4-2)32-17-27(34)25-8-10-28(30-26(25)9-11-29(35)33-30)36-18-23-7-5-6-12-31-23/h5-14,24,27,32,34H,3-4,15-18H2,1-2H3,(H,33,35). The number of aliphatic hydroxyl groups excluding tert-OH is 1. The van der Waals surface area contributed by atoms with Crippen molar-refractivity contribution in [3.05, 3.63) is 105 Å². The number of aromatic amines is 1. The third kappa shape index (κ3) is 5.06. The van der Waals surface area contributed by atoms with Crippen molar-refractivity contribution in [2.24, 2.45) is 0 Å². The van der Waals surface area contributed by atoms with E-state index in [0.29, 0.717) is 23.9 Å². The summed E-state index contributed by atoms with van der Waals surface area (Å²) in [6.07, 6.45) is 5.08. The highest BCUT2D eigenvalue weighted by molar-refractivity contribution is 5.87. The average molecular weight is 484 g/mol. The third-order valence-corrected chi connectivity index (χ3v) is 7.17. The maximum atomic E-state index is 12.1. The van der Waals surface area contributed by atoms with E-state index >= 15 is 0 Å². The molecule has 0 radical (unpaired) electrons. The van der Waals surface area contributed by atoms with Crippen LogP contribution in [0.15, 0.2) is 65.6 Å². The first-order chi connectivity index (χ1) is 17.6. The fourth-order valence-corrected chi connectivity index (χ4v) is 5.26. The molecule has 2 heterocycles. The molecule has 36 heavy (non-hydrogen) atoms. The van der Waals surface area contributed by atoms with Crippen LogP contribution in [0.25, 0.3) is 10.9 Å². The quantitative estimate of drug-likeness (QED) is 0.328. The minimum atomic E-state index is -0.718. The summed E-state index contributed by atoms with van der Waals surface area (Å²) < 4.78 is 5.98. The first kappa shape index (κ1) is 24.2. The van der Waals surface area contributed by atoms with E-state index in [1.165, 1.54) is 28.3 Å². The van der Waals surface area contributed by atoms with Gasteiger partial charge in [-0.1, -0.05) is 38.1 Å². The molecule has 0 amide bonds. The second-order valence-corrected chi connectivity index (χ2v) is 9.50. The molecule has 0 bridgehead atoms. The molecule has 1 unspecified atom stereocenters. The van der Waals surface area contributed by atoms with Gasteiger partial charge in [-0.05, 0) is 77.8 Å². The van der Waals surface area contributed by atoms with Gasteiger partial charge in [0, 0.05) is 30.2 Å². The fraction of sp³-hybridized carbons (Fsp3) is 0.333. The molecule has 3 N–H and O–H groups in total. The number of ether oxygens (including phenoxy) is 1. The summed E-state index contributed by atoms with van der Waals surface area (Å²) in [6, 6.07) is 17.6. The van der Waals surface area contributed by atoms with Crippen LogP contribution < -0.4 is 15.6 Å². The average Bonchev–Trinajstić information content (AvgIpc) is 3.31. The summed E-state index contributed by atoms with van der Waals surface area (Å²) in [4.78, 5) is 19.3. The van der Waals surface area contributed by atoms with E-state index in [4.69, 9.17) is 4.74 Å². The van der Waals surface area contributed by atoms with Crippen molar-refractivity contribution in [3.8, 4) is 5.75 Å². The number of H-pyrrole nitrogens is 1. The number of fused-ring (bicyclic) bond motifs is 2. The number of pyridine rings is 2. The van der Waals surface area contributed by atoms with Crippen LogP contribution in [-0.4, -0.2) is 27.7 Å². The molecule has 0 aliphatic heterocycles. The zero-order chi connectivity index (χ0) is 25.1. The number of aryl methyl sites for hydroxylation is 2. The summed E-state index contributed by atoms with van der Waals surface area (Å²) >= 11 is 0. The number of aliphatic hydroxyl groups is 1. The van der Waals surface area contributed by atoms with Crippen molar-refractivity contribution in [2.45, 2.75) is 58.3 Å². The second kappa shape index (κ2) is 10.6. The molecular formula is C30H33N3O3. The Morgan fingerprint density at radius 1 is 1.06 bits per heavy atom. The Balaban J connectivity index is 1.30. The first-order valence-electron chi connectivity index (χ1n) is 12.8. The Bertz CT molecular complexity index is 1380. The van der Waals surface area contributed by atoms with Gasteiger partial charge in [0.15, 0.2) is 0 Å². The number of aromatic nitrogens is 2. The van der Waals surface area contributed by atoms with Crippen LogP contribution in [0.4, 0.5) is 0 Å². The van der Waals surface area contributed by atoms with Gasteiger partial charge in [-0.25, -0.2) is 0 Å². The molecule has 0 saturated heterocycles. The lowest BCUT2D eigenvalue weighted by atomic mass is 9.97. The molecular weight excluding hydrogens is 450 g/mol. The van der Waals surface area contributed by atoms with Crippen LogP contribution in [0, 0.1) is 0 Å². The number of nitrogens with zero attached hydrogens (tertiary/aromatic N) is 1. The number of hydrogen-bond acceptors (Lipinski definition) is 5. The van der Waals surface area contributed by atoms with Crippen molar-refractivity contribution in [2.75, 3.05) is 6.54 Å². The third-order valence-electron chi connectivity index (χ3n) is 7.17. The van der Waals surface area contributed by atoms with E-state index in [1.54, 1.807) is 12.3 Å². The van der Waals surface area contributed by atoms with Gasteiger partial charge in [-0.15, -0.1) is 0 Å². The topological polar surface area (TPSA) is 87.2 Å². The normalized spacial score (nSPS) is 14.2. The van der Waals surface area contributed by atoms with Gasteiger partial charge in [0.1, 0.15) is 12.4 Å². The fourth-order valence-electron chi connectivity index (χ4n) is 5.26. The molecule has 186 valence electrons. The first-order valence-corrected chi connectivity index (χ1v) is 12.8. The second-order valence-electron chi connectivity index (χ2n) is 9.50. The van der Waals surface area contributed by atoms with E-state index in [2.05, 4.69) is 41.3 Å². The van der Waals surface area contributed by atoms with E-state index in [0.717, 1.165) is 42.3 Å². The predicted octanol–water partition coefficient (Wildman–Crippen LogP) is 4.42. The van der Waals surface area contributed by atoms with E-state index in [1.807, 2.05) is 30.3 Å². The molecule has 4 aromatic rings. The van der Waals surface area contributed by atoms with Gasteiger partial charge in [0.2, 0.25) is 5.56 Å². The van der Waals surface area contributed by atoms with Crippen molar-refractivity contribution < 1.29 is 9.84 Å². The van der Waals surface area contributed by atoms with Gasteiger partial charge < -0.3 is 20.1 Å². The summed E-state index contributed by atoms with van der Waals surface area (Å²) in [5.41, 5.74) is 7.68. The van der Waals surface area contributed by atoms with E-state index in [-0.39, 0.29) is 12.2 Å². The lowest BCUT2D eigenvalue weighted by Gasteiger charge is -2.19. The Labute approximate surface area is 211 Å². The monoisotopic (exact) mass is 483 g/mol. The van der Waals surface area contributed by atoms with Gasteiger partial charge in [-0.3, -0.25) is 9.78 Å². The molecule has 6 heteroatoms. The molecule has 6 nitrogen and oxygen atoms in total. The molecule has 0 saturated carbocycles. The smallest absolute Gasteiger partial charge is 0.248 e. The lowest BCUT2D eigenvalue weighted by molar-refractivity contribution is 0.171. The molecule has 5 rings (SSSR count). The van der Waals surface area contributed by atoms with Crippen LogP contribution in [0.2, 0.25) is 0 Å². The van der Waals surface area contributed by atoms with Gasteiger partial charge >= 0.3 is 0 Å². The molecule has 0 fully saturated rings. The van der Waals surface area contributed by atoms with Crippen LogP contribution in [0.3, 0.4) is 0 Å². The summed E-state index contributed by atoms with van der Waals surface area (Å²) in [5, 5.41) is 15.5. The van der Waals surface area contributed by atoms with Crippen LogP contribution in [-0.2, 0) is 32.3 Å². The SMILES string of the molecule is CCc1cc2c(cc1CC)CC(NCC(O)c1ccc(OCc3ccccn3)c3[nH]c(=O)ccc13)C2. The summed E-state index contributed by atoms with van der Waals surface area (Å²) in [5.74, 6) is 0.557. The van der Waals surface area contributed by atoms with Crippen LogP contribution in [0.5, 0.6) is 5.75 Å². The van der Waals surface area contributed by atoms with Crippen molar-refractivity contribution in [1.82, 2.24) is 15.3 Å². The van der Waals surface area contributed by atoms with Crippen molar-refractivity contribution in [3.63, 3.8) is 0 Å². The van der Waals surface area contributed by atoms with Crippen molar-refractivity contribution >= 4 is 10.9 Å². The van der Waals surface area contributed by atoms with E-state index < -0.39 is 6.10 Å². The Kier molecular flexibility index (Phi) is 7.16. The zero-order valence-corrected chi connectivity index (χ0v) is 20.9. The molecule has 0 spiro atoms. The van der Waals surface area contributed by atoms with Crippen LogP contribution >= 0.6 is 0 Å². The Hall–Kier alpha value is -3.48. The summed E-state index contributed by atoms with van der Waals surface area (Å²) in [6.45, 7) is 5.16. The highest BCUT2D eigenvalue weighted by Crippen LogP contribution is 2.31. The summed E-state index contributed by atoms with van der Waals surface area (Å²) in [7, 11) is 0. The van der Waals surface area contributed by atoms with Gasteiger partial charge in [0.05, 0.1) is 17.3 Å². The highest BCUT2D eigenvalue weighted by Gasteiger charge is 2.24. The minimum Gasteiger partial charge on any atom is -0.485 e. The number of rotatable bonds is 9. The largest absolute Gasteiger partial charge is 0.485 e. The van der Waals surface area contributed by atoms with E-state index in [9.17, 15) is 9.90 Å². The Morgan fingerprint density at radius 3 is 2.47 bits per heavy atom. The highest BCUT2D eigenvalue weighted by atomic mass is 16.5. The van der Waals surface area contributed by atoms with Crippen LogP contribution in [0.1, 0.15) is 53.5 Å². The number of nitrogens with one attached hydrogen (secondary N) is 2. The molecule has 2 aromatic heterocycles. The van der Waals surface area contributed by atoms with Gasteiger partial charge in [0.25, 0.3) is 0 Å². The van der Waals surface area contributed by atoms with Crippen molar-refractivity contribution in [1.29, 1.82) is 0 Å². The molecule has 1 atom stereocenters. The lowest BCUT2D eigenvalue weighted by Crippen LogP contribution is -2.33. The molecule has 1 aliphatic carbocycles. The van der Waals surface area contributed by atoms with Gasteiger partial charge in [-0.2, -0.15) is 0 Å². The number of hydrogen-bond donors (Lipinski definition) is 3. The zero-order valence-electron chi connectivity index (χ0n) is 20.9. The minimum absolute atomic E-state index is 0.212. The predicted molar refractivity (Wildman–Crippen MR) is 142 cm³/mol. The maximum Gasteiger partial charge on any atom is 0.248 e. The molecule has 1 aliphatic rings. The molecule has 2 aromatic carbocycles. The number of benzene rings is 2.